The smallest absolute Gasteiger partial charge is 0.225 e. The van der Waals surface area contributed by atoms with Gasteiger partial charge in [0, 0.05) is 46.4 Å². The zero-order valence-corrected chi connectivity index (χ0v) is 14.8. The lowest BCUT2D eigenvalue weighted by molar-refractivity contribution is -0.122. The minimum atomic E-state index is -0.225. The topological polar surface area (TPSA) is 55.4 Å². The van der Waals surface area contributed by atoms with Crippen LogP contribution >= 0.6 is 11.3 Å². The van der Waals surface area contributed by atoms with Crippen molar-refractivity contribution >= 4 is 23.0 Å². The van der Waals surface area contributed by atoms with Crippen LogP contribution in [-0.4, -0.2) is 18.8 Å². The van der Waals surface area contributed by atoms with E-state index in [1.807, 2.05) is 35.7 Å². The van der Waals surface area contributed by atoms with Gasteiger partial charge in [0.2, 0.25) is 5.91 Å². The van der Waals surface area contributed by atoms with E-state index >= 15 is 0 Å². The van der Waals surface area contributed by atoms with Crippen molar-refractivity contribution in [3.63, 3.8) is 0 Å². The second-order valence-electron chi connectivity index (χ2n) is 6.48. The molecule has 0 fully saturated rings. The number of hydrogen-bond acceptors (Lipinski definition) is 4. The third-order valence-electron chi connectivity index (χ3n) is 5.00. The Kier molecular flexibility index (Phi) is 4.17. The van der Waals surface area contributed by atoms with Crippen molar-refractivity contribution in [1.29, 1.82) is 0 Å². The molecular weight excluding hydrogens is 334 g/mol. The van der Waals surface area contributed by atoms with Crippen molar-refractivity contribution in [2.75, 3.05) is 7.11 Å². The number of amides is 1. The van der Waals surface area contributed by atoms with E-state index in [1.165, 1.54) is 4.88 Å². The van der Waals surface area contributed by atoms with E-state index < -0.39 is 0 Å². The SMILES string of the molecule is COc1ccccc1[C@@H]1CC(=O)NC2=C1C(=O)C[C@@H](c1cccs1)C2. The van der Waals surface area contributed by atoms with Gasteiger partial charge in [0.1, 0.15) is 5.75 Å². The second kappa shape index (κ2) is 6.48. The van der Waals surface area contributed by atoms with Crippen LogP contribution in [0.3, 0.4) is 0 Å². The largest absolute Gasteiger partial charge is 0.496 e. The number of carbonyl (C=O) groups excluding carboxylic acids is 2. The highest BCUT2D eigenvalue weighted by Crippen LogP contribution is 2.45. The standard InChI is InChI=1S/C20H19NO3S/c1-24-17-6-3-2-5-13(17)14-11-19(23)21-15-9-12(10-16(22)20(14)15)18-7-4-8-25-18/h2-8,12,14H,9-11H2,1H3,(H,21,23)/t12-,14-/m0/s1. The quantitative estimate of drug-likeness (QED) is 0.914. The van der Waals surface area contributed by atoms with Gasteiger partial charge in [-0.15, -0.1) is 11.3 Å². The minimum Gasteiger partial charge on any atom is -0.496 e. The van der Waals surface area contributed by atoms with Crippen molar-refractivity contribution < 1.29 is 14.3 Å². The van der Waals surface area contributed by atoms with Crippen LogP contribution in [0, 0.1) is 0 Å². The number of rotatable bonds is 3. The lowest BCUT2D eigenvalue weighted by Gasteiger charge is -2.34. The molecular formula is C20H19NO3S. The van der Waals surface area contributed by atoms with Crippen molar-refractivity contribution in [2.45, 2.75) is 31.1 Å². The van der Waals surface area contributed by atoms with E-state index in [-0.39, 0.29) is 29.9 Å². The molecule has 1 aliphatic carbocycles. The number of allylic oxidation sites excluding steroid dienone is 2. The Morgan fingerprint density at radius 3 is 2.68 bits per heavy atom. The van der Waals surface area contributed by atoms with Crippen LogP contribution in [0.15, 0.2) is 53.0 Å². The maximum atomic E-state index is 13.0. The van der Waals surface area contributed by atoms with Gasteiger partial charge in [0.05, 0.1) is 7.11 Å². The highest BCUT2D eigenvalue weighted by atomic mass is 32.1. The molecule has 1 N–H and O–H groups in total. The number of carbonyl (C=O) groups is 2. The van der Waals surface area contributed by atoms with Crippen LogP contribution in [0.25, 0.3) is 0 Å². The number of nitrogens with one attached hydrogen (secondary N) is 1. The van der Waals surface area contributed by atoms with E-state index in [0.717, 1.165) is 22.6 Å². The average molecular weight is 353 g/mol. The number of ether oxygens (including phenoxy) is 1. The third-order valence-corrected chi connectivity index (χ3v) is 6.03. The lowest BCUT2D eigenvalue weighted by Crippen LogP contribution is -2.38. The average Bonchev–Trinajstić information content (AvgIpc) is 3.15. The molecule has 1 aromatic heterocycles. The van der Waals surface area contributed by atoms with Gasteiger partial charge in [-0.1, -0.05) is 24.3 Å². The summed E-state index contributed by atoms with van der Waals surface area (Å²) in [5.74, 6) is 0.756. The summed E-state index contributed by atoms with van der Waals surface area (Å²) in [6, 6.07) is 11.7. The first-order chi connectivity index (χ1) is 12.2. The second-order valence-corrected chi connectivity index (χ2v) is 7.46. The zero-order valence-electron chi connectivity index (χ0n) is 14.0. The van der Waals surface area contributed by atoms with Gasteiger partial charge in [-0.2, -0.15) is 0 Å². The molecule has 25 heavy (non-hydrogen) atoms. The third kappa shape index (κ3) is 2.89. The van der Waals surface area contributed by atoms with Crippen LogP contribution in [0.2, 0.25) is 0 Å². The number of hydrogen-bond donors (Lipinski definition) is 1. The first-order valence-corrected chi connectivity index (χ1v) is 9.27. The molecule has 0 radical (unpaired) electrons. The van der Waals surface area contributed by atoms with Gasteiger partial charge in [-0.3, -0.25) is 9.59 Å². The molecule has 0 unspecified atom stereocenters. The van der Waals surface area contributed by atoms with Crippen molar-refractivity contribution in [3.8, 4) is 5.75 Å². The van der Waals surface area contributed by atoms with E-state index in [9.17, 15) is 9.59 Å². The van der Waals surface area contributed by atoms with E-state index in [1.54, 1.807) is 18.4 Å². The van der Waals surface area contributed by atoms with Crippen LogP contribution in [-0.2, 0) is 9.59 Å². The van der Waals surface area contributed by atoms with Gasteiger partial charge < -0.3 is 10.1 Å². The predicted octanol–water partition coefficient (Wildman–Crippen LogP) is 3.76. The van der Waals surface area contributed by atoms with Crippen molar-refractivity contribution in [2.24, 2.45) is 0 Å². The summed E-state index contributed by atoms with van der Waals surface area (Å²) in [7, 11) is 1.62. The number of ketones is 1. The zero-order chi connectivity index (χ0) is 17.4. The molecule has 1 amide bonds. The van der Waals surface area contributed by atoms with Gasteiger partial charge in [-0.25, -0.2) is 0 Å². The molecule has 0 saturated heterocycles. The first kappa shape index (κ1) is 16.1. The molecule has 0 spiro atoms. The molecule has 1 aromatic carbocycles. The van der Waals surface area contributed by atoms with Gasteiger partial charge in [0.25, 0.3) is 0 Å². The van der Waals surface area contributed by atoms with Crippen LogP contribution < -0.4 is 10.1 Å². The first-order valence-electron chi connectivity index (χ1n) is 8.39. The molecule has 4 rings (SSSR count). The maximum Gasteiger partial charge on any atom is 0.225 e. The Bertz CT molecular complexity index is 854. The van der Waals surface area contributed by atoms with E-state index in [2.05, 4.69) is 11.4 Å². The molecule has 2 atom stereocenters. The Morgan fingerprint density at radius 2 is 1.92 bits per heavy atom. The van der Waals surface area contributed by atoms with Crippen LogP contribution in [0.5, 0.6) is 5.75 Å². The Labute approximate surface area is 150 Å². The summed E-state index contributed by atoms with van der Waals surface area (Å²) in [6.45, 7) is 0. The van der Waals surface area contributed by atoms with Crippen LogP contribution in [0.4, 0.5) is 0 Å². The highest BCUT2D eigenvalue weighted by Gasteiger charge is 2.39. The fourth-order valence-corrected chi connectivity index (χ4v) is 4.74. The molecule has 0 saturated carbocycles. The summed E-state index contributed by atoms with van der Waals surface area (Å²) in [5.41, 5.74) is 2.47. The fourth-order valence-electron chi connectivity index (χ4n) is 3.90. The highest BCUT2D eigenvalue weighted by molar-refractivity contribution is 7.10. The number of benzene rings is 1. The molecule has 2 heterocycles. The number of para-hydroxylation sites is 1. The molecule has 1 aliphatic heterocycles. The summed E-state index contributed by atoms with van der Waals surface area (Å²) >= 11 is 1.67. The number of thiophene rings is 1. The Morgan fingerprint density at radius 1 is 1.08 bits per heavy atom. The molecule has 2 aromatic rings. The molecule has 4 nitrogen and oxygen atoms in total. The molecule has 2 aliphatic rings. The summed E-state index contributed by atoms with van der Waals surface area (Å²) in [4.78, 5) is 26.5. The Balaban J connectivity index is 1.76. The van der Waals surface area contributed by atoms with Crippen LogP contribution in [0.1, 0.15) is 41.5 Å². The lowest BCUT2D eigenvalue weighted by atomic mass is 9.74. The summed E-state index contributed by atoms with van der Waals surface area (Å²) in [6.07, 6.45) is 1.49. The van der Waals surface area contributed by atoms with Gasteiger partial charge in [0.15, 0.2) is 5.78 Å². The van der Waals surface area contributed by atoms with Crippen molar-refractivity contribution in [1.82, 2.24) is 5.32 Å². The molecule has 0 bridgehead atoms. The maximum absolute atomic E-state index is 13.0. The fraction of sp³-hybridized carbons (Fsp3) is 0.300. The molecule has 128 valence electrons. The predicted molar refractivity (Wildman–Crippen MR) is 96.8 cm³/mol. The minimum absolute atomic E-state index is 0.0331. The van der Waals surface area contributed by atoms with Gasteiger partial charge in [-0.05, 0) is 23.9 Å². The van der Waals surface area contributed by atoms with Crippen molar-refractivity contribution in [3.05, 3.63) is 63.5 Å². The summed E-state index contributed by atoms with van der Waals surface area (Å²) < 4.78 is 5.46. The number of methoxy groups -OCH3 is 1. The van der Waals surface area contributed by atoms with E-state index in [0.29, 0.717) is 12.8 Å². The summed E-state index contributed by atoms with van der Waals surface area (Å²) in [5, 5.41) is 4.99. The Hall–Kier alpha value is -2.40. The normalized spacial score (nSPS) is 23.2. The van der Waals surface area contributed by atoms with Gasteiger partial charge >= 0.3 is 0 Å². The monoisotopic (exact) mass is 353 g/mol. The number of Topliss-reactive ketones (excluding diaryl/α,β-unsaturated/α-hetero) is 1. The molecule has 5 heteroatoms. The van der Waals surface area contributed by atoms with E-state index in [4.69, 9.17) is 4.74 Å².